The Morgan fingerprint density at radius 3 is 2.14 bits per heavy atom. The smallest absolute Gasteiger partial charge is 0.313 e. The number of benzene rings is 2. The van der Waals surface area contributed by atoms with Crippen LogP contribution in [0.15, 0.2) is 48.5 Å². The largest absolute Gasteiger partial charge is 0.481 e. The summed E-state index contributed by atoms with van der Waals surface area (Å²) in [6.07, 6.45) is 0. The summed E-state index contributed by atoms with van der Waals surface area (Å²) in [5, 5.41) is 9.35. The Kier molecular flexibility index (Phi) is 4.17. The van der Waals surface area contributed by atoms with Gasteiger partial charge in [-0.25, -0.2) is 0 Å². The minimum absolute atomic E-state index is 0.510. The zero-order chi connectivity index (χ0) is 15.6. The quantitative estimate of drug-likeness (QED) is 0.871. The van der Waals surface area contributed by atoms with Crippen LogP contribution in [0.2, 0.25) is 0 Å². The average Bonchev–Trinajstić information content (AvgIpc) is 2.47. The monoisotopic (exact) mass is 282 g/mol. The van der Waals surface area contributed by atoms with Gasteiger partial charge in [0.05, 0.1) is 5.41 Å². The molecule has 2 rings (SSSR count). The van der Waals surface area contributed by atoms with Gasteiger partial charge in [-0.15, -0.1) is 0 Å². The van der Waals surface area contributed by atoms with Gasteiger partial charge in [0.1, 0.15) is 0 Å². The molecule has 0 aromatic heterocycles. The predicted molar refractivity (Wildman–Crippen MR) is 86.6 cm³/mol. The van der Waals surface area contributed by atoms with E-state index in [0.717, 1.165) is 16.7 Å². The minimum Gasteiger partial charge on any atom is -0.481 e. The molecule has 21 heavy (non-hydrogen) atoms. The molecule has 0 aliphatic carbocycles. The van der Waals surface area contributed by atoms with Crippen LogP contribution in [0, 0.1) is 0 Å². The molecule has 0 aliphatic rings. The van der Waals surface area contributed by atoms with Crippen molar-refractivity contribution in [3.05, 3.63) is 59.7 Å². The van der Waals surface area contributed by atoms with Gasteiger partial charge in [0, 0.05) is 0 Å². The lowest BCUT2D eigenvalue weighted by Gasteiger charge is -2.20. The van der Waals surface area contributed by atoms with Gasteiger partial charge >= 0.3 is 5.97 Å². The van der Waals surface area contributed by atoms with Crippen molar-refractivity contribution in [2.75, 3.05) is 0 Å². The Morgan fingerprint density at radius 1 is 1.00 bits per heavy atom. The highest BCUT2D eigenvalue weighted by atomic mass is 16.4. The number of carbonyl (C=O) groups is 1. The van der Waals surface area contributed by atoms with E-state index in [1.165, 1.54) is 5.56 Å². The SMILES string of the molecule is CC(C)c1ccc(-c2cccc(C(C)(C)C(=O)O)c2)cc1. The first kappa shape index (κ1) is 15.3. The normalized spacial score (nSPS) is 11.7. The lowest BCUT2D eigenvalue weighted by atomic mass is 9.83. The van der Waals surface area contributed by atoms with Crippen LogP contribution < -0.4 is 0 Å². The van der Waals surface area contributed by atoms with E-state index in [-0.39, 0.29) is 0 Å². The van der Waals surface area contributed by atoms with E-state index in [9.17, 15) is 9.90 Å². The maximum absolute atomic E-state index is 11.4. The standard InChI is InChI=1S/C19H22O2/c1-13(2)14-8-10-15(11-9-14)16-6-5-7-17(12-16)19(3,4)18(20)21/h5-13H,1-4H3,(H,20,21). The first-order valence-corrected chi connectivity index (χ1v) is 7.26. The Hall–Kier alpha value is -2.09. The highest BCUT2D eigenvalue weighted by Crippen LogP contribution is 2.29. The third-order valence-corrected chi connectivity index (χ3v) is 4.03. The van der Waals surface area contributed by atoms with Crippen molar-refractivity contribution in [3.8, 4) is 11.1 Å². The number of hydrogen-bond acceptors (Lipinski definition) is 1. The van der Waals surface area contributed by atoms with Crippen LogP contribution in [0.25, 0.3) is 11.1 Å². The maximum atomic E-state index is 11.4. The lowest BCUT2D eigenvalue weighted by Crippen LogP contribution is -2.28. The number of carboxylic acids is 1. The predicted octanol–water partition coefficient (Wildman–Crippen LogP) is 4.84. The third-order valence-electron chi connectivity index (χ3n) is 4.03. The molecule has 2 aromatic carbocycles. The summed E-state index contributed by atoms with van der Waals surface area (Å²) in [5.74, 6) is -0.300. The Morgan fingerprint density at radius 2 is 1.62 bits per heavy atom. The Labute approximate surface area is 126 Å². The molecule has 0 unspecified atom stereocenters. The molecule has 0 saturated heterocycles. The molecule has 2 aromatic rings. The molecule has 0 bridgehead atoms. The summed E-state index contributed by atoms with van der Waals surface area (Å²) in [6, 6.07) is 16.3. The van der Waals surface area contributed by atoms with Crippen LogP contribution in [0.4, 0.5) is 0 Å². The van der Waals surface area contributed by atoms with E-state index in [2.05, 4.69) is 38.1 Å². The summed E-state index contributed by atoms with van der Waals surface area (Å²) in [5.41, 5.74) is 3.41. The van der Waals surface area contributed by atoms with Crippen LogP contribution in [0.5, 0.6) is 0 Å². The van der Waals surface area contributed by atoms with Gasteiger partial charge in [-0.1, -0.05) is 62.4 Å². The van der Waals surface area contributed by atoms with E-state index >= 15 is 0 Å². The minimum atomic E-state index is -0.881. The fourth-order valence-corrected chi connectivity index (χ4v) is 2.27. The maximum Gasteiger partial charge on any atom is 0.313 e. The van der Waals surface area contributed by atoms with Crippen molar-refractivity contribution in [1.29, 1.82) is 0 Å². The zero-order valence-corrected chi connectivity index (χ0v) is 13.1. The lowest BCUT2D eigenvalue weighted by molar-refractivity contribution is -0.142. The van der Waals surface area contributed by atoms with Gasteiger partial charge in [0.25, 0.3) is 0 Å². The molecular weight excluding hydrogens is 260 g/mol. The van der Waals surface area contributed by atoms with E-state index in [1.807, 2.05) is 24.3 Å². The second-order valence-corrected chi connectivity index (χ2v) is 6.29. The topological polar surface area (TPSA) is 37.3 Å². The van der Waals surface area contributed by atoms with Crippen LogP contribution in [-0.2, 0) is 10.2 Å². The molecule has 2 heteroatoms. The zero-order valence-electron chi connectivity index (χ0n) is 13.1. The van der Waals surface area contributed by atoms with Gasteiger partial charge < -0.3 is 5.11 Å². The molecule has 0 amide bonds. The van der Waals surface area contributed by atoms with E-state index in [0.29, 0.717) is 5.92 Å². The van der Waals surface area contributed by atoms with Crippen LogP contribution in [0.3, 0.4) is 0 Å². The molecule has 0 spiro atoms. The van der Waals surface area contributed by atoms with Gasteiger partial charge in [-0.3, -0.25) is 4.79 Å². The van der Waals surface area contributed by atoms with Crippen molar-refractivity contribution in [2.45, 2.75) is 39.0 Å². The highest BCUT2D eigenvalue weighted by Gasteiger charge is 2.29. The number of carboxylic acid groups (broad SMARTS) is 1. The van der Waals surface area contributed by atoms with Crippen molar-refractivity contribution >= 4 is 5.97 Å². The van der Waals surface area contributed by atoms with Crippen LogP contribution in [-0.4, -0.2) is 11.1 Å². The van der Waals surface area contributed by atoms with Gasteiger partial charge in [-0.05, 0) is 42.0 Å². The Balaban J connectivity index is 2.40. The molecule has 0 radical (unpaired) electrons. The van der Waals surface area contributed by atoms with Gasteiger partial charge in [0.2, 0.25) is 0 Å². The number of rotatable bonds is 4. The van der Waals surface area contributed by atoms with Crippen LogP contribution >= 0.6 is 0 Å². The fraction of sp³-hybridized carbons (Fsp3) is 0.316. The van der Waals surface area contributed by atoms with Gasteiger partial charge in [0.15, 0.2) is 0 Å². The second kappa shape index (κ2) is 5.72. The molecule has 0 heterocycles. The van der Waals surface area contributed by atoms with Gasteiger partial charge in [-0.2, -0.15) is 0 Å². The summed E-state index contributed by atoms with van der Waals surface area (Å²) >= 11 is 0. The summed E-state index contributed by atoms with van der Waals surface area (Å²) < 4.78 is 0. The second-order valence-electron chi connectivity index (χ2n) is 6.29. The molecule has 110 valence electrons. The van der Waals surface area contributed by atoms with E-state index < -0.39 is 11.4 Å². The molecule has 0 saturated carbocycles. The summed E-state index contributed by atoms with van der Waals surface area (Å²) in [6.45, 7) is 7.81. The molecular formula is C19H22O2. The fourth-order valence-electron chi connectivity index (χ4n) is 2.27. The van der Waals surface area contributed by atoms with Crippen molar-refractivity contribution in [3.63, 3.8) is 0 Å². The molecule has 0 fully saturated rings. The number of hydrogen-bond donors (Lipinski definition) is 1. The first-order valence-electron chi connectivity index (χ1n) is 7.26. The van der Waals surface area contributed by atoms with E-state index in [1.54, 1.807) is 13.8 Å². The molecule has 2 nitrogen and oxygen atoms in total. The van der Waals surface area contributed by atoms with Crippen molar-refractivity contribution in [1.82, 2.24) is 0 Å². The number of aliphatic carboxylic acids is 1. The summed E-state index contributed by atoms with van der Waals surface area (Å²) in [7, 11) is 0. The molecule has 0 aliphatic heterocycles. The van der Waals surface area contributed by atoms with Crippen molar-refractivity contribution < 1.29 is 9.90 Å². The summed E-state index contributed by atoms with van der Waals surface area (Å²) in [4.78, 5) is 11.4. The third kappa shape index (κ3) is 3.15. The average molecular weight is 282 g/mol. The van der Waals surface area contributed by atoms with Crippen LogP contribution in [0.1, 0.15) is 44.7 Å². The highest BCUT2D eigenvalue weighted by molar-refractivity contribution is 5.81. The first-order chi connectivity index (χ1) is 9.82. The molecule has 0 atom stereocenters. The van der Waals surface area contributed by atoms with Crippen molar-refractivity contribution in [2.24, 2.45) is 0 Å². The molecule has 1 N–H and O–H groups in total. The van der Waals surface area contributed by atoms with E-state index in [4.69, 9.17) is 0 Å². The Bertz CT molecular complexity index is 637.